The zero-order chi connectivity index (χ0) is 20.8. The van der Waals surface area contributed by atoms with Gasteiger partial charge < -0.3 is 9.80 Å². The maximum absolute atomic E-state index is 13.3. The lowest BCUT2D eigenvalue weighted by Crippen LogP contribution is -2.47. The third-order valence-electron chi connectivity index (χ3n) is 5.71. The third kappa shape index (κ3) is 3.29. The molecule has 2 aromatic heterocycles. The number of carbonyl (C=O) groups excluding carboxylic acids is 1. The van der Waals surface area contributed by atoms with E-state index in [1.807, 2.05) is 11.9 Å². The van der Waals surface area contributed by atoms with E-state index in [1.54, 1.807) is 21.4 Å². The summed E-state index contributed by atoms with van der Waals surface area (Å²) in [6, 6.07) is 5.67. The fraction of sp³-hybridized carbons (Fsp3) is 0.400. The van der Waals surface area contributed by atoms with Gasteiger partial charge in [-0.05, 0) is 31.3 Å². The van der Waals surface area contributed by atoms with Gasteiger partial charge in [0.2, 0.25) is 5.91 Å². The minimum Gasteiger partial charge on any atom is -0.340 e. The average Bonchev–Trinajstić information content (AvgIpc) is 3.34. The van der Waals surface area contributed by atoms with Gasteiger partial charge in [-0.15, -0.1) is 0 Å². The summed E-state index contributed by atoms with van der Waals surface area (Å²) in [6.07, 6.45) is 1.78. The van der Waals surface area contributed by atoms with Crippen LogP contribution in [0.5, 0.6) is 0 Å². The third-order valence-corrected chi connectivity index (χ3v) is 6.81. The van der Waals surface area contributed by atoms with Crippen LogP contribution in [0.15, 0.2) is 40.4 Å². The number of amides is 1. The summed E-state index contributed by atoms with van der Waals surface area (Å²) in [6.45, 7) is 3.18. The number of rotatable bonds is 3. The van der Waals surface area contributed by atoms with E-state index in [9.17, 15) is 14.0 Å². The van der Waals surface area contributed by atoms with Gasteiger partial charge in [-0.2, -0.15) is 5.10 Å². The summed E-state index contributed by atoms with van der Waals surface area (Å²) >= 11 is 1.48. The zero-order valence-electron chi connectivity index (χ0n) is 16.5. The second-order valence-electron chi connectivity index (χ2n) is 7.69. The molecule has 0 N–H and O–H groups in total. The normalized spacial score (nSPS) is 19.4. The molecule has 1 fully saturated rings. The van der Waals surface area contributed by atoms with Gasteiger partial charge in [0.25, 0.3) is 5.56 Å². The molecule has 3 aromatic rings. The molecule has 156 valence electrons. The van der Waals surface area contributed by atoms with Gasteiger partial charge in [0.1, 0.15) is 11.2 Å². The van der Waals surface area contributed by atoms with Crippen molar-refractivity contribution in [3.8, 4) is 5.69 Å². The zero-order valence-corrected chi connectivity index (χ0v) is 17.3. The number of hydrogen-bond acceptors (Lipinski definition) is 6. The largest absolute Gasteiger partial charge is 0.340 e. The number of piperazine rings is 1. The molecule has 0 aliphatic carbocycles. The minimum absolute atomic E-state index is 0.0792. The van der Waals surface area contributed by atoms with Crippen LogP contribution in [-0.2, 0) is 4.79 Å². The molecular formula is C20H21FN6O2S. The topological polar surface area (TPSA) is 76.3 Å². The Morgan fingerprint density at radius 1 is 1.20 bits per heavy atom. The molecule has 1 saturated heterocycles. The highest BCUT2D eigenvalue weighted by atomic mass is 32.2. The number of hydrogen-bond donors (Lipinski definition) is 0. The lowest BCUT2D eigenvalue weighted by Gasteiger charge is -2.33. The van der Waals surface area contributed by atoms with Crippen LogP contribution in [0.2, 0.25) is 0 Å². The highest BCUT2D eigenvalue weighted by molar-refractivity contribution is 7.99. The second-order valence-corrected chi connectivity index (χ2v) is 8.68. The van der Waals surface area contributed by atoms with Crippen LogP contribution in [0.4, 0.5) is 4.39 Å². The molecule has 5 rings (SSSR count). The summed E-state index contributed by atoms with van der Waals surface area (Å²) in [5, 5.41) is 5.27. The number of benzene rings is 1. The van der Waals surface area contributed by atoms with Gasteiger partial charge in [0.15, 0.2) is 10.8 Å². The number of likely N-dealkylation sites (N-methyl/N-ethyl adjacent to an activating group) is 1. The second kappa shape index (κ2) is 7.51. The Bertz CT molecular complexity index is 1170. The van der Waals surface area contributed by atoms with E-state index >= 15 is 0 Å². The SMILES string of the molecule is CN1CCN(C(=O)C[C@@H]2CSc3nc4c(cnn4-c4ccc(F)cc4)c(=O)n32)CC1. The molecule has 0 bridgehead atoms. The lowest BCUT2D eigenvalue weighted by atomic mass is 10.2. The molecule has 0 saturated carbocycles. The van der Waals surface area contributed by atoms with Gasteiger partial charge in [-0.25, -0.2) is 14.1 Å². The van der Waals surface area contributed by atoms with Crippen molar-refractivity contribution < 1.29 is 9.18 Å². The Morgan fingerprint density at radius 3 is 2.67 bits per heavy atom. The number of aromatic nitrogens is 4. The number of thioether (sulfide) groups is 1. The van der Waals surface area contributed by atoms with Crippen molar-refractivity contribution in [2.24, 2.45) is 0 Å². The highest BCUT2D eigenvalue weighted by Crippen LogP contribution is 2.33. The summed E-state index contributed by atoms with van der Waals surface area (Å²) in [5.74, 6) is 0.376. The van der Waals surface area contributed by atoms with Crippen molar-refractivity contribution in [1.29, 1.82) is 0 Å². The molecule has 1 atom stereocenters. The van der Waals surface area contributed by atoms with Gasteiger partial charge in [-0.3, -0.25) is 14.2 Å². The summed E-state index contributed by atoms with van der Waals surface area (Å²) < 4.78 is 16.4. The van der Waals surface area contributed by atoms with E-state index in [0.29, 0.717) is 34.1 Å². The first-order chi connectivity index (χ1) is 14.5. The molecule has 0 spiro atoms. The van der Waals surface area contributed by atoms with E-state index in [-0.39, 0.29) is 23.3 Å². The molecule has 0 unspecified atom stereocenters. The number of nitrogens with zero attached hydrogens (tertiary/aromatic N) is 6. The Morgan fingerprint density at radius 2 is 1.93 bits per heavy atom. The summed E-state index contributed by atoms with van der Waals surface area (Å²) in [4.78, 5) is 34.7. The fourth-order valence-electron chi connectivity index (χ4n) is 3.94. The van der Waals surface area contributed by atoms with Crippen molar-refractivity contribution >= 4 is 28.7 Å². The van der Waals surface area contributed by atoms with Crippen LogP contribution in [0.25, 0.3) is 16.7 Å². The first-order valence-corrected chi connectivity index (χ1v) is 10.8. The lowest BCUT2D eigenvalue weighted by molar-refractivity contribution is -0.133. The Balaban J connectivity index is 1.45. The number of carbonyl (C=O) groups is 1. The van der Waals surface area contributed by atoms with E-state index in [1.165, 1.54) is 30.1 Å². The monoisotopic (exact) mass is 428 g/mol. The predicted octanol–water partition coefficient (Wildman–Crippen LogP) is 1.53. The van der Waals surface area contributed by atoms with Crippen molar-refractivity contribution in [1.82, 2.24) is 29.1 Å². The van der Waals surface area contributed by atoms with E-state index in [0.717, 1.165) is 26.2 Å². The molecule has 2 aliphatic heterocycles. The van der Waals surface area contributed by atoms with E-state index in [4.69, 9.17) is 0 Å². The molecule has 2 aliphatic rings. The molecule has 1 amide bonds. The van der Waals surface area contributed by atoms with E-state index in [2.05, 4.69) is 15.0 Å². The first-order valence-electron chi connectivity index (χ1n) is 9.86. The molecule has 10 heteroatoms. The van der Waals surface area contributed by atoms with Crippen LogP contribution in [0.3, 0.4) is 0 Å². The Hall–Kier alpha value is -2.72. The molecule has 8 nitrogen and oxygen atoms in total. The maximum Gasteiger partial charge on any atom is 0.265 e. The predicted molar refractivity (Wildman–Crippen MR) is 112 cm³/mol. The molecular weight excluding hydrogens is 407 g/mol. The highest BCUT2D eigenvalue weighted by Gasteiger charge is 2.31. The molecule has 0 radical (unpaired) electrons. The van der Waals surface area contributed by atoms with Crippen molar-refractivity contribution in [2.45, 2.75) is 17.6 Å². The van der Waals surface area contributed by atoms with Crippen molar-refractivity contribution in [3.05, 3.63) is 46.6 Å². The maximum atomic E-state index is 13.3. The minimum atomic E-state index is -0.340. The van der Waals surface area contributed by atoms with Crippen molar-refractivity contribution in [3.63, 3.8) is 0 Å². The van der Waals surface area contributed by atoms with Crippen LogP contribution >= 0.6 is 11.8 Å². The van der Waals surface area contributed by atoms with E-state index < -0.39 is 0 Å². The van der Waals surface area contributed by atoms with Gasteiger partial charge in [-0.1, -0.05) is 11.8 Å². The Kier molecular flexibility index (Phi) is 4.82. The van der Waals surface area contributed by atoms with Gasteiger partial charge in [0, 0.05) is 38.4 Å². The van der Waals surface area contributed by atoms with Crippen LogP contribution < -0.4 is 5.56 Å². The standard InChI is InChI=1S/C20H21FN6O2S/c1-24-6-8-25(9-7-24)17(28)10-15-12-30-20-23-18-16(19(29)26(15)20)11-22-27(18)14-4-2-13(21)3-5-14/h2-5,11,15H,6-10,12H2,1H3/t15-/m1/s1. The number of halogens is 1. The van der Waals surface area contributed by atoms with Crippen molar-refractivity contribution in [2.75, 3.05) is 39.0 Å². The average molecular weight is 428 g/mol. The summed E-state index contributed by atoms with van der Waals surface area (Å²) in [7, 11) is 2.05. The fourth-order valence-corrected chi connectivity index (χ4v) is 5.07. The smallest absolute Gasteiger partial charge is 0.265 e. The quantitative estimate of drug-likeness (QED) is 0.589. The Labute approximate surface area is 176 Å². The molecule has 30 heavy (non-hydrogen) atoms. The molecule has 1 aromatic carbocycles. The van der Waals surface area contributed by atoms with Gasteiger partial charge >= 0.3 is 0 Å². The number of fused-ring (bicyclic) bond motifs is 2. The van der Waals surface area contributed by atoms with Crippen LogP contribution in [0.1, 0.15) is 12.5 Å². The van der Waals surface area contributed by atoms with Crippen LogP contribution in [-0.4, -0.2) is 74.0 Å². The molecule has 4 heterocycles. The van der Waals surface area contributed by atoms with Crippen LogP contribution in [0, 0.1) is 5.82 Å². The summed E-state index contributed by atoms with van der Waals surface area (Å²) in [5.41, 5.74) is 0.883. The van der Waals surface area contributed by atoms with Gasteiger partial charge in [0.05, 0.1) is 17.9 Å². The first kappa shape index (κ1) is 19.3.